The Labute approximate surface area is 134 Å². The van der Waals surface area contributed by atoms with E-state index in [1.807, 2.05) is 41.2 Å². The van der Waals surface area contributed by atoms with Crippen LogP contribution in [0.5, 0.6) is 0 Å². The van der Waals surface area contributed by atoms with Crippen molar-refractivity contribution in [1.82, 2.24) is 9.47 Å². The summed E-state index contributed by atoms with van der Waals surface area (Å²) < 4.78 is 1.91. The maximum atomic E-state index is 12.7. The van der Waals surface area contributed by atoms with Crippen molar-refractivity contribution in [2.24, 2.45) is 5.73 Å². The van der Waals surface area contributed by atoms with Gasteiger partial charge in [0.2, 0.25) is 0 Å². The number of rotatable bonds is 3. The summed E-state index contributed by atoms with van der Waals surface area (Å²) in [6, 6.07) is 11.1. The van der Waals surface area contributed by atoms with E-state index in [0.717, 1.165) is 5.69 Å². The molecule has 0 bridgehead atoms. The summed E-state index contributed by atoms with van der Waals surface area (Å²) in [7, 11) is 0. The minimum absolute atomic E-state index is 0.0606. The van der Waals surface area contributed by atoms with Gasteiger partial charge >= 0.3 is 0 Å². The van der Waals surface area contributed by atoms with Gasteiger partial charge in [-0.15, -0.1) is 0 Å². The third-order valence-electron chi connectivity index (χ3n) is 4.21. The van der Waals surface area contributed by atoms with Crippen molar-refractivity contribution in [1.29, 1.82) is 0 Å². The first-order valence-electron chi connectivity index (χ1n) is 7.55. The van der Waals surface area contributed by atoms with Gasteiger partial charge < -0.3 is 20.3 Å². The van der Waals surface area contributed by atoms with E-state index in [9.17, 15) is 14.7 Å². The van der Waals surface area contributed by atoms with Crippen molar-refractivity contribution in [3.63, 3.8) is 0 Å². The molecular formula is C17H19N3O3. The van der Waals surface area contributed by atoms with Crippen LogP contribution in [-0.2, 0) is 4.79 Å². The zero-order chi connectivity index (χ0) is 16.4. The van der Waals surface area contributed by atoms with E-state index >= 15 is 0 Å². The second-order valence-corrected chi connectivity index (χ2v) is 5.87. The molecule has 1 aliphatic rings. The summed E-state index contributed by atoms with van der Waals surface area (Å²) in [5.74, 6) is -0.991. The minimum atomic E-state index is -1.63. The Morgan fingerprint density at radius 3 is 2.61 bits per heavy atom. The van der Waals surface area contributed by atoms with Crippen LogP contribution in [0.3, 0.4) is 0 Å². The summed E-state index contributed by atoms with van der Waals surface area (Å²) in [4.78, 5) is 25.6. The fourth-order valence-electron chi connectivity index (χ4n) is 2.90. The van der Waals surface area contributed by atoms with E-state index in [-0.39, 0.29) is 18.9 Å². The molecule has 1 aliphatic heterocycles. The molecule has 2 heterocycles. The van der Waals surface area contributed by atoms with Gasteiger partial charge in [0, 0.05) is 30.2 Å². The average molecular weight is 313 g/mol. The summed E-state index contributed by atoms with van der Waals surface area (Å²) in [5, 5.41) is 10.2. The molecule has 3 rings (SSSR count). The molecule has 120 valence electrons. The Hall–Kier alpha value is -2.60. The SMILES string of the molecule is NC(=O)C1(O)CCCN(C(=O)c2cccc(-n3cccc3)c2)C1. The summed E-state index contributed by atoms with van der Waals surface area (Å²) in [5.41, 5.74) is 5.02. The molecule has 0 radical (unpaired) electrons. The van der Waals surface area contributed by atoms with Crippen molar-refractivity contribution in [3.05, 3.63) is 54.4 Å². The molecule has 0 saturated carbocycles. The monoisotopic (exact) mass is 313 g/mol. The molecule has 1 aromatic carbocycles. The topological polar surface area (TPSA) is 88.6 Å². The van der Waals surface area contributed by atoms with Crippen molar-refractivity contribution >= 4 is 11.8 Å². The molecule has 0 aliphatic carbocycles. The Kier molecular flexibility index (Phi) is 3.92. The standard InChI is InChI=1S/C17H19N3O3/c18-16(22)17(23)7-4-10-20(12-17)15(21)13-5-3-6-14(11-13)19-8-1-2-9-19/h1-3,5-6,8-9,11,23H,4,7,10,12H2,(H2,18,22). The van der Waals surface area contributed by atoms with Crippen molar-refractivity contribution < 1.29 is 14.7 Å². The van der Waals surface area contributed by atoms with Gasteiger partial charge in [0.15, 0.2) is 5.60 Å². The van der Waals surface area contributed by atoms with Crippen LogP contribution in [0.2, 0.25) is 0 Å². The van der Waals surface area contributed by atoms with Crippen molar-refractivity contribution in [2.45, 2.75) is 18.4 Å². The first kappa shape index (κ1) is 15.3. The molecule has 6 heteroatoms. The van der Waals surface area contributed by atoms with Crippen LogP contribution in [0.15, 0.2) is 48.8 Å². The molecule has 2 aromatic rings. The smallest absolute Gasteiger partial charge is 0.254 e. The first-order chi connectivity index (χ1) is 11.0. The van der Waals surface area contributed by atoms with E-state index in [4.69, 9.17) is 5.73 Å². The van der Waals surface area contributed by atoms with E-state index in [2.05, 4.69) is 0 Å². The number of aliphatic hydroxyl groups is 1. The Bertz CT molecular complexity index is 726. The Morgan fingerprint density at radius 2 is 1.91 bits per heavy atom. The first-order valence-corrected chi connectivity index (χ1v) is 7.55. The predicted octanol–water partition coefficient (Wildman–Crippen LogP) is 0.930. The van der Waals surface area contributed by atoms with Gasteiger partial charge in [-0.2, -0.15) is 0 Å². The summed E-state index contributed by atoms with van der Waals surface area (Å²) >= 11 is 0. The number of aromatic nitrogens is 1. The lowest BCUT2D eigenvalue weighted by Crippen LogP contribution is -2.57. The van der Waals surface area contributed by atoms with E-state index in [1.54, 1.807) is 12.1 Å². The average Bonchev–Trinajstić information content (AvgIpc) is 3.09. The van der Waals surface area contributed by atoms with Crippen LogP contribution in [0.1, 0.15) is 23.2 Å². The normalized spacial score (nSPS) is 21.2. The lowest BCUT2D eigenvalue weighted by atomic mass is 9.92. The highest BCUT2D eigenvalue weighted by Gasteiger charge is 2.40. The van der Waals surface area contributed by atoms with Gasteiger partial charge in [0.05, 0.1) is 6.54 Å². The van der Waals surface area contributed by atoms with E-state index < -0.39 is 11.5 Å². The van der Waals surface area contributed by atoms with E-state index in [0.29, 0.717) is 18.5 Å². The van der Waals surface area contributed by atoms with Crippen LogP contribution in [-0.4, -0.2) is 45.1 Å². The minimum Gasteiger partial charge on any atom is -0.378 e. The molecule has 0 spiro atoms. The Morgan fingerprint density at radius 1 is 1.17 bits per heavy atom. The molecule has 1 atom stereocenters. The number of nitrogens with two attached hydrogens (primary N) is 1. The van der Waals surface area contributed by atoms with Crippen molar-refractivity contribution in [2.75, 3.05) is 13.1 Å². The number of likely N-dealkylation sites (tertiary alicyclic amines) is 1. The third-order valence-corrected chi connectivity index (χ3v) is 4.21. The highest BCUT2D eigenvalue weighted by molar-refractivity contribution is 5.95. The number of amides is 2. The maximum absolute atomic E-state index is 12.7. The van der Waals surface area contributed by atoms with Crippen LogP contribution in [0, 0.1) is 0 Å². The predicted molar refractivity (Wildman–Crippen MR) is 85.1 cm³/mol. The highest BCUT2D eigenvalue weighted by atomic mass is 16.3. The molecule has 6 nitrogen and oxygen atoms in total. The van der Waals surface area contributed by atoms with Crippen LogP contribution in [0.4, 0.5) is 0 Å². The molecule has 1 fully saturated rings. The molecule has 1 unspecified atom stereocenters. The highest BCUT2D eigenvalue weighted by Crippen LogP contribution is 2.23. The van der Waals surface area contributed by atoms with Crippen LogP contribution in [0.25, 0.3) is 5.69 Å². The number of carbonyl (C=O) groups is 2. The number of benzene rings is 1. The summed E-state index contributed by atoms with van der Waals surface area (Å²) in [6.07, 6.45) is 4.63. The van der Waals surface area contributed by atoms with Gasteiger partial charge in [-0.3, -0.25) is 9.59 Å². The van der Waals surface area contributed by atoms with Crippen LogP contribution < -0.4 is 5.73 Å². The second kappa shape index (κ2) is 5.89. The molecule has 2 amide bonds. The van der Waals surface area contributed by atoms with Gasteiger partial charge in [0.1, 0.15) is 0 Å². The van der Waals surface area contributed by atoms with Gasteiger partial charge in [-0.05, 0) is 43.2 Å². The van der Waals surface area contributed by atoms with Crippen molar-refractivity contribution in [3.8, 4) is 5.69 Å². The van der Waals surface area contributed by atoms with Crippen LogP contribution >= 0.6 is 0 Å². The number of piperidine rings is 1. The summed E-state index contributed by atoms with van der Waals surface area (Å²) in [6.45, 7) is 0.442. The maximum Gasteiger partial charge on any atom is 0.254 e. The van der Waals surface area contributed by atoms with E-state index in [1.165, 1.54) is 4.90 Å². The number of primary amides is 1. The molecule has 1 saturated heterocycles. The molecule has 3 N–H and O–H groups in total. The fourth-order valence-corrected chi connectivity index (χ4v) is 2.90. The lowest BCUT2D eigenvalue weighted by molar-refractivity contribution is -0.140. The fraction of sp³-hybridized carbons (Fsp3) is 0.294. The largest absolute Gasteiger partial charge is 0.378 e. The number of hydrogen-bond donors (Lipinski definition) is 2. The van der Waals surface area contributed by atoms with Gasteiger partial charge in [-0.25, -0.2) is 0 Å². The molecule has 1 aromatic heterocycles. The second-order valence-electron chi connectivity index (χ2n) is 5.87. The number of hydrogen-bond acceptors (Lipinski definition) is 3. The number of carbonyl (C=O) groups excluding carboxylic acids is 2. The molecular weight excluding hydrogens is 294 g/mol. The lowest BCUT2D eigenvalue weighted by Gasteiger charge is -2.37. The number of nitrogens with zero attached hydrogens (tertiary/aromatic N) is 2. The molecule has 23 heavy (non-hydrogen) atoms. The van der Waals surface area contributed by atoms with Gasteiger partial charge in [-0.1, -0.05) is 6.07 Å². The third kappa shape index (κ3) is 2.98. The Balaban J connectivity index is 1.83. The number of β-amino-alcohol motifs (C(OH)–C–C–N with tert-alkyl or cyclic N) is 1. The zero-order valence-corrected chi connectivity index (χ0v) is 12.7. The zero-order valence-electron chi connectivity index (χ0n) is 12.7. The quantitative estimate of drug-likeness (QED) is 0.883. The van der Waals surface area contributed by atoms with Gasteiger partial charge in [0.25, 0.3) is 11.8 Å².